The van der Waals surface area contributed by atoms with Crippen LogP contribution in [0.2, 0.25) is 0 Å². The van der Waals surface area contributed by atoms with E-state index < -0.39 is 0 Å². The van der Waals surface area contributed by atoms with Crippen LogP contribution in [0.5, 0.6) is 0 Å². The third kappa shape index (κ3) is 14.0. The Bertz CT molecular complexity index is 267. The number of nitrogens with zero attached hydrogens (tertiary/aromatic N) is 1. The molecule has 10 nitrogen and oxygen atoms in total. The van der Waals surface area contributed by atoms with Crippen molar-refractivity contribution >= 4 is 23.8 Å². The summed E-state index contributed by atoms with van der Waals surface area (Å²) in [6, 6.07) is 0. The van der Waals surface area contributed by atoms with Crippen molar-refractivity contribution in [2.45, 2.75) is 0 Å². The molecule has 0 atom stereocenters. The maximum atomic E-state index is 7.07. The van der Waals surface area contributed by atoms with Crippen LogP contribution in [-0.2, 0) is 0 Å². The summed E-state index contributed by atoms with van der Waals surface area (Å²) in [6.45, 7) is 0. The molecule has 0 aliphatic heterocycles. The minimum Gasteiger partial charge on any atom is -0.370 e. The molecule has 10 heteroatoms. The fourth-order valence-electron chi connectivity index (χ4n) is 0.384. The zero-order valence-corrected chi connectivity index (χ0v) is 9.18. The molecule has 0 aromatic heterocycles. The second-order valence-electron chi connectivity index (χ2n) is 2.73. The first-order valence-electron chi connectivity index (χ1n) is 3.98. The number of nitrogens with two attached hydrogens (primary N) is 3. The molecule has 0 aromatic rings. The van der Waals surface area contributed by atoms with E-state index in [0.717, 1.165) is 0 Å². The van der Waals surface area contributed by atoms with Crippen molar-refractivity contribution in [1.29, 1.82) is 21.6 Å². The first kappa shape index (κ1) is 15.9. The summed E-state index contributed by atoms with van der Waals surface area (Å²) in [5, 5.41) is 31.1. The van der Waals surface area contributed by atoms with Gasteiger partial charge in [-0.3, -0.25) is 32.3 Å². The van der Waals surface area contributed by atoms with Crippen LogP contribution in [0.15, 0.2) is 0 Å². The fraction of sp³-hybridized carbons (Fsp3) is 0.333. The van der Waals surface area contributed by atoms with Crippen molar-refractivity contribution in [3.63, 3.8) is 0 Å². The monoisotopic (exact) mass is 230 g/mol. The molecule has 16 heavy (non-hydrogen) atoms. The zero-order valence-electron chi connectivity index (χ0n) is 9.18. The van der Waals surface area contributed by atoms with E-state index in [2.05, 4.69) is 5.32 Å². The fourth-order valence-corrected chi connectivity index (χ4v) is 0.384. The maximum Gasteiger partial charge on any atom is 0.197 e. The molecule has 92 valence electrons. The smallest absolute Gasteiger partial charge is 0.197 e. The maximum absolute atomic E-state index is 7.07. The van der Waals surface area contributed by atoms with Gasteiger partial charge in [-0.05, 0) is 0 Å². The molecule has 0 aromatic carbocycles. The van der Waals surface area contributed by atoms with Gasteiger partial charge in [0.05, 0.1) is 0 Å². The van der Waals surface area contributed by atoms with Crippen LogP contribution in [0.1, 0.15) is 0 Å². The van der Waals surface area contributed by atoms with Gasteiger partial charge in [0.25, 0.3) is 0 Å². The molecule has 0 rings (SSSR count). The van der Waals surface area contributed by atoms with Crippen LogP contribution in [0.4, 0.5) is 0 Å². The minimum atomic E-state index is -0.312. The zero-order chi connectivity index (χ0) is 13.3. The highest BCUT2D eigenvalue weighted by atomic mass is 15.3. The van der Waals surface area contributed by atoms with E-state index in [0.29, 0.717) is 0 Å². The lowest BCUT2D eigenvalue weighted by molar-refractivity contribution is 0.599. The summed E-state index contributed by atoms with van der Waals surface area (Å²) in [4.78, 5) is 1.52. The quantitative estimate of drug-likeness (QED) is 0.160. The van der Waals surface area contributed by atoms with Gasteiger partial charge in [-0.2, -0.15) is 0 Å². The lowest BCUT2D eigenvalue weighted by atomic mass is 10.8. The van der Waals surface area contributed by atoms with Gasteiger partial charge in [-0.1, -0.05) is 0 Å². The Morgan fingerprint density at radius 3 is 1.19 bits per heavy atom. The topological polar surface area (TPSA) is 201 Å². The Kier molecular flexibility index (Phi) is 7.81. The van der Waals surface area contributed by atoms with E-state index in [1.807, 2.05) is 5.32 Å². The summed E-state index contributed by atoms with van der Waals surface area (Å²) in [6.07, 6.45) is 0. The lowest BCUT2D eigenvalue weighted by Gasteiger charge is -2.13. The van der Waals surface area contributed by atoms with Gasteiger partial charge >= 0.3 is 0 Å². The molecule has 0 unspecified atom stereocenters. The summed E-state index contributed by atoms with van der Waals surface area (Å²) < 4.78 is 0. The summed E-state index contributed by atoms with van der Waals surface area (Å²) in [5.74, 6) is -0.726. The van der Waals surface area contributed by atoms with Crippen LogP contribution >= 0.6 is 0 Å². The van der Waals surface area contributed by atoms with Crippen molar-refractivity contribution in [3.05, 3.63) is 0 Å². The molecule has 0 heterocycles. The third-order valence-electron chi connectivity index (χ3n) is 0.970. The molecular weight excluding hydrogens is 212 g/mol. The molecule has 0 saturated heterocycles. The first-order chi connectivity index (χ1) is 7.16. The minimum absolute atomic E-state index is 0.113. The Morgan fingerprint density at radius 2 is 1.12 bits per heavy atom. The van der Waals surface area contributed by atoms with Crippen molar-refractivity contribution < 1.29 is 0 Å². The molecule has 0 aliphatic carbocycles. The Balaban J connectivity index is 0. The number of hydrogen-bond donors (Lipinski definition) is 9. The molecule has 0 saturated carbocycles. The van der Waals surface area contributed by atoms with E-state index in [4.69, 9.17) is 38.8 Å². The number of rotatable bonds is 0. The van der Waals surface area contributed by atoms with Crippen molar-refractivity contribution in [2.24, 2.45) is 17.2 Å². The normalized spacial score (nSPS) is 7.88. The summed E-state index contributed by atoms with van der Waals surface area (Å²) in [7, 11) is 3.39. The standard InChI is InChI=1S/C4H11N5.C2H7N5/c1-9(2)4(7)8-3(5)6;3-1(4)7-2(5)6/h1-2H3,(H5,5,6,7,8);(H7,3,4,5,6,7). The molecule has 0 bridgehead atoms. The van der Waals surface area contributed by atoms with E-state index in [-0.39, 0.29) is 23.8 Å². The van der Waals surface area contributed by atoms with Crippen LogP contribution in [0, 0.1) is 21.6 Å². The van der Waals surface area contributed by atoms with Gasteiger partial charge in [0.1, 0.15) is 0 Å². The van der Waals surface area contributed by atoms with Crippen LogP contribution in [-0.4, -0.2) is 42.8 Å². The third-order valence-corrected chi connectivity index (χ3v) is 0.970. The Morgan fingerprint density at radius 1 is 0.812 bits per heavy atom. The SMILES string of the molecule is CN(C)C(=N)NC(=N)N.N=C(N)NC(=N)N. The number of hydrogen-bond acceptors (Lipinski definition) is 4. The average Bonchev–Trinajstić information content (AvgIpc) is 2.00. The summed E-state index contributed by atoms with van der Waals surface area (Å²) in [5.41, 5.74) is 14.4. The van der Waals surface area contributed by atoms with Crippen LogP contribution < -0.4 is 27.8 Å². The largest absolute Gasteiger partial charge is 0.370 e. The van der Waals surface area contributed by atoms with Gasteiger partial charge in [0.2, 0.25) is 0 Å². The average molecular weight is 230 g/mol. The van der Waals surface area contributed by atoms with E-state index in [1.165, 1.54) is 4.90 Å². The van der Waals surface area contributed by atoms with Crippen molar-refractivity contribution in [3.8, 4) is 0 Å². The molecule has 0 amide bonds. The van der Waals surface area contributed by atoms with Gasteiger partial charge in [0, 0.05) is 14.1 Å². The molecule has 12 N–H and O–H groups in total. The van der Waals surface area contributed by atoms with Crippen LogP contribution in [0.25, 0.3) is 0 Å². The lowest BCUT2D eigenvalue weighted by Crippen LogP contribution is -2.42. The predicted molar refractivity (Wildman–Crippen MR) is 63.4 cm³/mol. The Hall–Kier alpha value is -2.52. The Labute approximate surface area is 93.2 Å². The van der Waals surface area contributed by atoms with Crippen molar-refractivity contribution in [1.82, 2.24) is 15.5 Å². The summed E-state index contributed by atoms with van der Waals surface area (Å²) >= 11 is 0. The van der Waals surface area contributed by atoms with E-state index >= 15 is 0 Å². The van der Waals surface area contributed by atoms with Gasteiger partial charge < -0.3 is 22.1 Å². The molecule has 0 aliphatic rings. The first-order valence-corrected chi connectivity index (χ1v) is 3.98. The molecular formula is C6H18N10. The van der Waals surface area contributed by atoms with Gasteiger partial charge in [-0.15, -0.1) is 0 Å². The molecule has 0 radical (unpaired) electrons. The van der Waals surface area contributed by atoms with Gasteiger partial charge in [-0.25, -0.2) is 0 Å². The highest BCUT2D eigenvalue weighted by Crippen LogP contribution is 1.70. The molecule has 0 fully saturated rings. The van der Waals surface area contributed by atoms with E-state index in [1.54, 1.807) is 14.1 Å². The highest BCUT2D eigenvalue weighted by molar-refractivity contribution is 5.94. The van der Waals surface area contributed by atoms with Gasteiger partial charge in [0.15, 0.2) is 23.8 Å². The number of guanidine groups is 4. The molecule has 0 spiro atoms. The van der Waals surface area contributed by atoms with Crippen LogP contribution in [0.3, 0.4) is 0 Å². The van der Waals surface area contributed by atoms with Crippen molar-refractivity contribution in [2.75, 3.05) is 14.1 Å². The van der Waals surface area contributed by atoms with E-state index in [9.17, 15) is 0 Å². The second-order valence-corrected chi connectivity index (χ2v) is 2.73. The number of nitrogens with one attached hydrogen (secondary N) is 6. The highest BCUT2D eigenvalue weighted by Gasteiger charge is 1.96. The predicted octanol–water partition coefficient (Wildman–Crippen LogP) is -2.67. The second kappa shape index (κ2) is 7.84.